The van der Waals surface area contributed by atoms with Gasteiger partial charge in [-0.1, -0.05) is 0 Å². The molecule has 2 aromatic carbocycles. The summed E-state index contributed by atoms with van der Waals surface area (Å²) >= 11 is 0. The van der Waals surface area contributed by atoms with Gasteiger partial charge in [0.15, 0.2) is 0 Å². The molecule has 29 heavy (non-hydrogen) atoms. The van der Waals surface area contributed by atoms with Gasteiger partial charge >= 0.3 is 0 Å². The second-order valence-corrected chi connectivity index (χ2v) is 8.92. The minimum Gasteiger partial charge on any atom is -0.375 e. The quantitative estimate of drug-likeness (QED) is 0.803. The van der Waals surface area contributed by atoms with Crippen LogP contribution in [0.25, 0.3) is 0 Å². The summed E-state index contributed by atoms with van der Waals surface area (Å²) in [5, 5.41) is 0. The van der Waals surface area contributed by atoms with Gasteiger partial charge in [-0.3, -0.25) is 4.79 Å². The average molecular weight is 423 g/mol. The van der Waals surface area contributed by atoms with Crippen LogP contribution >= 0.6 is 0 Å². The number of nitrogens with zero attached hydrogens (tertiary/aromatic N) is 2. The highest BCUT2D eigenvalue weighted by atomic mass is 32.2. The van der Waals surface area contributed by atoms with E-state index in [1.165, 1.54) is 18.2 Å². The minimum absolute atomic E-state index is 0.00568. The maximum Gasteiger partial charge on any atom is 0.253 e. The molecule has 0 aliphatic carbocycles. The highest BCUT2D eigenvalue weighted by Crippen LogP contribution is 2.21. The number of rotatable bonds is 5. The number of likely N-dealkylation sites (tertiary alicyclic amines) is 1. The Morgan fingerprint density at radius 3 is 2.24 bits per heavy atom. The summed E-state index contributed by atoms with van der Waals surface area (Å²) in [6.07, 6.45) is 0.870. The number of nitrogens with one attached hydrogen (secondary N) is 1. The standard InChI is InChI=1S/C20H23F2N3O3S/c1-24(2)19-8-3-14(13-18(19)22)20(26)25-11-9-16(10-12-25)23-29(27,28)17-6-4-15(21)5-7-17/h3-8,13,16,23H,9-12H2,1-2H3. The van der Waals surface area contributed by atoms with Crippen LogP contribution in [0.5, 0.6) is 0 Å². The number of benzene rings is 2. The number of piperidine rings is 1. The largest absolute Gasteiger partial charge is 0.375 e. The number of anilines is 1. The Morgan fingerprint density at radius 2 is 1.69 bits per heavy atom. The van der Waals surface area contributed by atoms with Gasteiger partial charge in [-0.25, -0.2) is 21.9 Å². The molecule has 9 heteroatoms. The van der Waals surface area contributed by atoms with Crippen molar-refractivity contribution in [2.45, 2.75) is 23.8 Å². The molecule has 0 radical (unpaired) electrons. The van der Waals surface area contributed by atoms with Crippen LogP contribution in [0.15, 0.2) is 47.4 Å². The molecule has 2 aromatic rings. The summed E-state index contributed by atoms with van der Waals surface area (Å²) in [5.74, 6) is -1.26. The normalized spacial score (nSPS) is 15.4. The predicted molar refractivity (Wildman–Crippen MR) is 106 cm³/mol. The second kappa shape index (κ2) is 8.46. The molecule has 0 aromatic heterocycles. The van der Waals surface area contributed by atoms with E-state index in [0.29, 0.717) is 31.6 Å². The number of carbonyl (C=O) groups excluding carboxylic acids is 1. The summed E-state index contributed by atoms with van der Waals surface area (Å²) in [6, 6.07) is 8.65. The van der Waals surface area contributed by atoms with Crippen molar-refractivity contribution in [2.75, 3.05) is 32.1 Å². The summed E-state index contributed by atoms with van der Waals surface area (Å²) < 4.78 is 54.6. The van der Waals surface area contributed by atoms with Crippen molar-refractivity contribution < 1.29 is 22.0 Å². The lowest BCUT2D eigenvalue weighted by molar-refractivity contribution is 0.0711. The fourth-order valence-electron chi connectivity index (χ4n) is 3.29. The molecule has 0 atom stereocenters. The SMILES string of the molecule is CN(C)c1ccc(C(=O)N2CCC(NS(=O)(=O)c3ccc(F)cc3)CC2)cc1F. The van der Waals surface area contributed by atoms with E-state index in [2.05, 4.69) is 4.72 Å². The first-order valence-electron chi connectivity index (χ1n) is 9.21. The summed E-state index contributed by atoms with van der Waals surface area (Å²) in [6.45, 7) is 0.707. The first kappa shape index (κ1) is 21.2. The zero-order chi connectivity index (χ0) is 21.2. The molecule has 6 nitrogen and oxygen atoms in total. The van der Waals surface area contributed by atoms with E-state index in [9.17, 15) is 22.0 Å². The molecule has 1 saturated heterocycles. The van der Waals surface area contributed by atoms with Gasteiger partial charge in [0, 0.05) is 38.8 Å². The van der Waals surface area contributed by atoms with Crippen LogP contribution in [0.1, 0.15) is 23.2 Å². The van der Waals surface area contributed by atoms with Crippen molar-refractivity contribution in [1.29, 1.82) is 0 Å². The lowest BCUT2D eigenvalue weighted by Gasteiger charge is -2.32. The number of hydrogen-bond acceptors (Lipinski definition) is 4. The van der Waals surface area contributed by atoms with Crippen molar-refractivity contribution in [1.82, 2.24) is 9.62 Å². The van der Waals surface area contributed by atoms with Gasteiger partial charge in [0.2, 0.25) is 10.0 Å². The van der Waals surface area contributed by atoms with Gasteiger partial charge in [0.1, 0.15) is 11.6 Å². The van der Waals surface area contributed by atoms with E-state index in [-0.39, 0.29) is 22.4 Å². The van der Waals surface area contributed by atoms with E-state index < -0.39 is 21.7 Å². The van der Waals surface area contributed by atoms with Crippen LogP contribution in [0, 0.1) is 11.6 Å². The molecule has 1 fully saturated rings. The van der Waals surface area contributed by atoms with E-state index in [0.717, 1.165) is 12.1 Å². The molecule has 0 bridgehead atoms. The number of carbonyl (C=O) groups is 1. The van der Waals surface area contributed by atoms with Crippen LogP contribution in [-0.2, 0) is 10.0 Å². The number of hydrogen-bond donors (Lipinski definition) is 1. The highest BCUT2D eigenvalue weighted by Gasteiger charge is 2.27. The molecule has 1 aliphatic heterocycles. The van der Waals surface area contributed by atoms with Crippen LogP contribution in [0.3, 0.4) is 0 Å². The lowest BCUT2D eigenvalue weighted by Crippen LogP contribution is -2.46. The molecule has 0 unspecified atom stereocenters. The van der Waals surface area contributed by atoms with Crippen LogP contribution in [0.2, 0.25) is 0 Å². The topological polar surface area (TPSA) is 69.7 Å². The van der Waals surface area contributed by atoms with Crippen LogP contribution < -0.4 is 9.62 Å². The molecule has 0 saturated carbocycles. The third kappa shape index (κ3) is 4.91. The van der Waals surface area contributed by atoms with E-state index >= 15 is 0 Å². The zero-order valence-electron chi connectivity index (χ0n) is 16.2. The number of halogens is 2. The Balaban J connectivity index is 1.61. The maximum absolute atomic E-state index is 14.1. The molecule has 3 rings (SSSR count). The first-order valence-corrected chi connectivity index (χ1v) is 10.7. The second-order valence-electron chi connectivity index (χ2n) is 7.20. The molecule has 1 N–H and O–H groups in total. The fraction of sp³-hybridized carbons (Fsp3) is 0.350. The minimum atomic E-state index is -3.76. The van der Waals surface area contributed by atoms with E-state index in [4.69, 9.17) is 0 Å². The van der Waals surface area contributed by atoms with E-state index in [1.807, 2.05) is 0 Å². The molecule has 156 valence electrons. The third-order valence-corrected chi connectivity index (χ3v) is 6.44. The van der Waals surface area contributed by atoms with Gasteiger partial charge in [-0.15, -0.1) is 0 Å². The summed E-state index contributed by atoms with van der Waals surface area (Å²) in [7, 11) is -0.320. The van der Waals surface area contributed by atoms with Gasteiger partial charge < -0.3 is 9.80 Å². The Bertz CT molecular complexity index is 987. The van der Waals surface area contributed by atoms with Crippen molar-refractivity contribution in [2.24, 2.45) is 0 Å². The molecular weight excluding hydrogens is 400 g/mol. The monoisotopic (exact) mass is 423 g/mol. The lowest BCUT2D eigenvalue weighted by atomic mass is 10.0. The highest BCUT2D eigenvalue weighted by molar-refractivity contribution is 7.89. The fourth-order valence-corrected chi connectivity index (χ4v) is 4.59. The number of sulfonamides is 1. The Morgan fingerprint density at radius 1 is 1.07 bits per heavy atom. The van der Waals surface area contributed by atoms with Crippen LogP contribution in [-0.4, -0.2) is 52.5 Å². The molecule has 0 spiro atoms. The molecule has 1 aliphatic rings. The Kier molecular flexibility index (Phi) is 6.18. The van der Waals surface area contributed by atoms with Gasteiger partial charge in [0.05, 0.1) is 10.6 Å². The summed E-state index contributed by atoms with van der Waals surface area (Å²) in [5.41, 5.74) is 0.661. The average Bonchev–Trinajstić information content (AvgIpc) is 2.67. The molecule has 1 amide bonds. The van der Waals surface area contributed by atoms with Crippen molar-refractivity contribution in [3.63, 3.8) is 0 Å². The van der Waals surface area contributed by atoms with Crippen molar-refractivity contribution in [3.8, 4) is 0 Å². The molecule has 1 heterocycles. The number of amides is 1. The van der Waals surface area contributed by atoms with E-state index in [1.54, 1.807) is 36.0 Å². The predicted octanol–water partition coefficient (Wildman–Crippen LogP) is 2.61. The van der Waals surface area contributed by atoms with Gasteiger partial charge in [-0.05, 0) is 55.3 Å². The smallest absolute Gasteiger partial charge is 0.253 e. The van der Waals surface area contributed by atoms with Gasteiger partial charge in [-0.2, -0.15) is 0 Å². The first-order chi connectivity index (χ1) is 13.7. The van der Waals surface area contributed by atoms with Crippen molar-refractivity contribution in [3.05, 3.63) is 59.7 Å². The van der Waals surface area contributed by atoms with Crippen LogP contribution in [0.4, 0.5) is 14.5 Å². The Hall–Kier alpha value is -2.52. The molecular formula is C20H23F2N3O3S. The zero-order valence-corrected chi connectivity index (χ0v) is 17.0. The maximum atomic E-state index is 14.1. The third-order valence-electron chi connectivity index (χ3n) is 4.90. The summed E-state index contributed by atoms with van der Waals surface area (Å²) in [4.78, 5) is 15.9. The van der Waals surface area contributed by atoms with Gasteiger partial charge in [0.25, 0.3) is 5.91 Å². The Labute approximate surface area is 169 Å². The van der Waals surface area contributed by atoms with Crippen molar-refractivity contribution >= 4 is 21.6 Å².